The maximum absolute atomic E-state index is 11.6. The first-order valence-corrected chi connectivity index (χ1v) is 5.27. The van der Waals surface area contributed by atoms with Crippen LogP contribution in [0.1, 0.15) is 23.0 Å². The molecule has 17 heavy (non-hydrogen) atoms. The second-order valence-electron chi connectivity index (χ2n) is 3.60. The fourth-order valence-corrected chi connectivity index (χ4v) is 1.61. The monoisotopic (exact) mass is 232 g/mol. The van der Waals surface area contributed by atoms with E-state index >= 15 is 0 Å². The third kappa shape index (κ3) is 2.04. The van der Waals surface area contributed by atoms with E-state index in [4.69, 9.17) is 0 Å². The number of pyridine rings is 2. The molecule has 2 rings (SSSR count). The second-order valence-corrected chi connectivity index (χ2v) is 3.60. The molecule has 2 heterocycles. The molecule has 0 bridgehead atoms. The third-order valence-electron chi connectivity index (χ3n) is 2.56. The number of nitrogens with one attached hydrogen (secondary N) is 1. The number of H-pyrrole nitrogens is 1. The molecule has 0 fully saturated rings. The predicted octanol–water partition coefficient (Wildman–Crippen LogP) is 1.27. The highest BCUT2D eigenvalue weighted by Crippen LogP contribution is 2.10. The third-order valence-corrected chi connectivity index (χ3v) is 2.56. The van der Waals surface area contributed by atoms with Crippen molar-refractivity contribution in [1.82, 2.24) is 9.97 Å². The number of carbonyl (C=O) groups excluding carboxylic acids is 1. The number of aromatic nitrogens is 2. The quantitative estimate of drug-likeness (QED) is 0.791. The van der Waals surface area contributed by atoms with Gasteiger partial charge in [0.2, 0.25) is 0 Å². The highest BCUT2D eigenvalue weighted by atomic mass is 16.5. The van der Waals surface area contributed by atoms with Crippen molar-refractivity contribution in [3.8, 4) is 0 Å². The highest BCUT2D eigenvalue weighted by molar-refractivity contribution is 5.90. The molecule has 0 spiro atoms. The Labute approximate surface area is 97.4 Å². The van der Waals surface area contributed by atoms with Crippen LogP contribution in [-0.4, -0.2) is 23.0 Å². The lowest BCUT2D eigenvalue weighted by molar-refractivity contribution is 0.0594. The van der Waals surface area contributed by atoms with E-state index in [2.05, 4.69) is 14.7 Å². The van der Waals surface area contributed by atoms with Gasteiger partial charge < -0.3 is 9.72 Å². The lowest BCUT2D eigenvalue weighted by Crippen LogP contribution is -2.13. The first-order valence-electron chi connectivity index (χ1n) is 5.27. The summed E-state index contributed by atoms with van der Waals surface area (Å²) in [5.74, 6) is -0.521. The van der Waals surface area contributed by atoms with Crippen LogP contribution in [0.2, 0.25) is 0 Å². The second kappa shape index (κ2) is 4.37. The number of ether oxygens (including phenoxy) is 1. The van der Waals surface area contributed by atoms with Gasteiger partial charge in [-0.15, -0.1) is 0 Å². The van der Waals surface area contributed by atoms with Crippen LogP contribution in [0, 0.1) is 0 Å². The van der Waals surface area contributed by atoms with E-state index in [0.29, 0.717) is 17.6 Å². The fourth-order valence-electron chi connectivity index (χ4n) is 1.61. The summed E-state index contributed by atoms with van der Waals surface area (Å²) >= 11 is 0. The lowest BCUT2D eigenvalue weighted by atomic mass is 10.1. The largest absolute Gasteiger partial charge is 0.464 e. The minimum absolute atomic E-state index is 0.172. The number of hydrogen-bond donors (Lipinski definition) is 1. The zero-order valence-corrected chi connectivity index (χ0v) is 9.61. The van der Waals surface area contributed by atoms with Gasteiger partial charge in [0.05, 0.1) is 7.11 Å². The minimum atomic E-state index is -0.521. The number of carbonyl (C=O) groups is 1. The molecule has 0 saturated heterocycles. The van der Waals surface area contributed by atoms with Crippen LogP contribution in [-0.2, 0) is 11.2 Å². The molecule has 5 heteroatoms. The number of hydrogen-bond acceptors (Lipinski definition) is 4. The summed E-state index contributed by atoms with van der Waals surface area (Å²) in [6, 6.07) is 5.10. The molecule has 0 saturated carbocycles. The number of nitrogens with zero attached hydrogens (tertiary/aromatic N) is 1. The van der Waals surface area contributed by atoms with Crippen molar-refractivity contribution >= 4 is 17.0 Å². The van der Waals surface area contributed by atoms with Crippen LogP contribution >= 0.6 is 0 Å². The molecule has 0 aliphatic rings. The molecule has 1 N–H and O–H groups in total. The molecule has 0 aliphatic heterocycles. The van der Waals surface area contributed by atoms with Gasteiger partial charge in [-0.1, -0.05) is 6.92 Å². The summed E-state index contributed by atoms with van der Waals surface area (Å²) in [5, 5.41) is 0.800. The summed E-state index contributed by atoms with van der Waals surface area (Å²) < 4.78 is 4.57. The normalized spacial score (nSPS) is 10.5. The molecular formula is C12H12N2O3. The average molecular weight is 232 g/mol. The van der Waals surface area contributed by atoms with Crippen molar-refractivity contribution in [2.75, 3.05) is 7.11 Å². The molecule has 0 aromatic carbocycles. The smallest absolute Gasteiger partial charge is 0.356 e. The fraction of sp³-hybridized carbons (Fsp3) is 0.250. The average Bonchev–Trinajstić information content (AvgIpc) is 2.36. The minimum Gasteiger partial charge on any atom is -0.464 e. The van der Waals surface area contributed by atoms with Crippen molar-refractivity contribution < 1.29 is 9.53 Å². The SMILES string of the molecule is CCc1cc2ccc(C(=O)OC)nc2[nH]c1=O. The molecule has 0 radical (unpaired) electrons. The van der Waals surface area contributed by atoms with Crippen LogP contribution < -0.4 is 5.56 Å². The van der Waals surface area contributed by atoms with Crippen molar-refractivity contribution in [3.05, 3.63) is 39.8 Å². The molecule has 5 nitrogen and oxygen atoms in total. The van der Waals surface area contributed by atoms with Gasteiger partial charge in [-0.2, -0.15) is 0 Å². The summed E-state index contributed by atoms with van der Waals surface area (Å²) in [7, 11) is 1.29. The van der Waals surface area contributed by atoms with E-state index < -0.39 is 5.97 Å². The maximum Gasteiger partial charge on any atom is 0.356 e. The molecule has 0 amide bonds. The number of methoxy groups -OCH3 is 1. The summed E-state index contributed by atoms with van der Waals surface area (Å²) in [5.41, 5.74) is 1.11. The Morgan fingerprint density at radius 3 is 2.88 bits per heavy atom. The van der Waals surface area contributed by atoms with Crippen LogP contribution in [0.5, 0.6) is 0 Å². The summed E-state index contributed by atoms with van der Waals surface area (Å²) in [6.07, 6.45) is 0.657. The molecule has 2 aromatic rings. The first kappa shape index (κ1) is 11.3. The van der Waals surface area contributed by atoms with Crippen LogP contribution in [0.4, 0.5) is 0 Å². The van der Waals surface area contributed by atoms with Gasteiger partial charge in [-0.25, -0.2) is 9.78 Å². The Kier molecular flexibility index (Phi) is 2.91. The molecule has 2 aromatic heterocycles. The van der Waals surface area contributed by atoms with Gasteiger partial charge in [0.25, 0.3) is 5.56 Å². The molecule has 0 atom stereocenters. The van der Waals surface area contributed by atoms with Crippen molar-refractivity contribution in [3.63, 3.8) is 0 Å². The summed E-state index contributed by atoms with van der Waals surface area (Å²) in [6.45, 7) is 1.91. The van der Waals surface area contributed by atoms with Gasteiger partial charge in [0.1, 0.15) is 5.65 Å². The van der Waals surface area contributed by atoms with Gasteiger partial charge in [0.15, 0.2) is 5.69 Å². The van der Waals surface area contributed by atoms with Gasteiger partial charge in [-0.3, -0.25) is 4.79 Å². The van der Waals surface area contributed by atoms with E-state index in [1.54, 1.807) is 18.2 Å². The summed E-state index contributed by atoms with van der Waals surface area (Å²) in [4.78, 5) is 29.6. The highest BCUT2D eigenvalue weighted by Gasteiger charge is 2.09. The number of aromatic amines is 1. The van der Waals surface area contributed by atoms with E-state index in [-0.39, 0.29) is 11.3 Å². The number of esters is 1. The van der Waals surface area contributed by atoms with Gasteiger partial charge >= 0.3 is 5.97 Å². The van der Waals surface area contributed by atoms with Crippen LogP contribution in [0.3, 0.4) is 0 Å². The first-order chi connectivity index (χ1) is 8.15. The van der Waals surface area contributed by atoms with E-state index in [1.807, 2.05) is 6.92 Å². The standard InChI is InChI=1S/C12H12N2O3/c1-3-7-6-8-4-5-9(12(16)17-2)13-10(8)14-11(7)15/h4-6H,3H2,1-2H3,(H,13,14,15). The Morgan fingerprint density at radius 1 is 1.47 bits per heavy atom. The van der Waals surface area contributed by atoms with E-state index in [0.717, 1.165) is 5.39 Å². The van der Waals surface area contributed by atoms with E-state index in [9.17, 15) is 9.59 Å². The zero-order valence-electron chi connectivity index (χ0n) is 9.61. The topological polar surface area (TPSA) is 72.0 Å². The molecule has 0 aliphatic carbocycles. The van der Waals surface area contributed by atoms with Crippen molar-refractivity contribution in [1.29, 1.82) is 0 Å². The van der Waals surface area contributed by atoms with Crippen molar-refractivity contribution in [2.45, 2.75) is 13.3 Å². The Hall–Kier alpha value is -2.17. The van der Waals surface area contributed by atoms with Crippen LogP contribution in [0.15, 0.2) is 23.0 Å². The number of rotatable bonds is 2. The molecule has 88 valence electrons. The van der Waals surface area contributed by atoms with E-state index in [1.165, 1.54) is 7.11 Å². The van der Waals surface area contributed by atoms with Gasteiger partial charge in [-0.05, 0) is 24.6 Å². The molecule has 0 unspecified atom stereocenters. The number of fused-ring (bicyclic) bond motifs is 1. The molecular weight excluding hydrogens is 220 g/mol. The number of aryl methyl sites for hydroxylation is 1. The zero-order chi connectivity index (χ0) is 12.4. The van der Waals surface area contributed by atoms with Crippen molar-refractivity contribution in [2.24, 2.45) is 0 Å². The van der Waals surface area contributed by atoms with Crippen LogP contribution in [0.25, 0.3) is 11.0 Å². The lowest BCUT2D eigenvalue weighted by Gasteiger charge is -2.02. The Morgan fingerprint density at radius 2 is 2.24 bits per heavy atom. The predicted molar refractivity (Wildman–Crippen MR) is 63.1 cm³/mol. The Balaban J connectivity index is 2.63. The Bertz CT molecular complexity index is 631. The maximum atomic E-state index is 11.6. The van der Waals surface area contributed by atoms with Gasteiger partial charge in [0, 0.05) is 10.9 Å².